The lowest BCUT2D eigenvalue weighted by Gasteiger charge is -2.33. The maximum atomic E-state index is 8.95. The number of aliphatic hydroxyl groups is 3. The molecule has 0 heterocycles. The van der Waals surface area contributed by atoms with E-state index in [0.717, 1.165) is 0 Å². The van der Waals surface area contributed by atoms with E-state index in [-0.39, 0.29) is 38.1 Å². The zero-order valence-electron chi connectivity index (χ0n) is 13.0. The van der Waals surface area contributed by atoms with Crippen LogP contribution < -0.4 is 0 Å². The van der Waals surface area contributed by atoms with E-state index in [4.69, 9.17) is 28.6 Å². The van der Waals surface area contributed by atoms with Crippen molar-refractivity contribution in [2.45, 2.75) is 64.9 Å². The molecule has 0 fully saturated rings. The van der Waals surface area contributed by atoms with Gasteiger partial charge < -0.3 is 28.6 Å². The molecule has 0 amide bonds. The predicted octanol–water partition coefficient (Wildman–Crippen LogP) is 0.918. The Morgan fingerprint density at radius 3 is 1.15 bits per heavy atom. The molecule has 0 saturated carbocycles. The van der Waals surface area contributed by atoms with Crippen LogP contribution in [0.3, 0.4) is 0 Å². The summed E-state index contributed by atoms with van der Waals surface area (Å²) in [5.41, 5.74) is 0. The van der Waals surface area contributed by atoms with Crippen molar-refractivity contribution in [2.75, 3.05) is 19.8 Å². The van der Waals surface area contributed by atoms with Crippen LogP contribution in [0.2, 0.25) is 6.55 Å². The van der Waals surface area contributed by atoms with E-state index in [9.17, 15) is 0 Å². The van der Waals surface area contributed by atoms with Gasteiger partial charge >= 0.3 is 8.80 Å². The van der Waals surface area contributed by atoms with Gasteiger partial charge in [-0.3, -0.25) is 0 Å². The smallest absolute Gasteiger partial charge is 0.396 e. The van der Waals surface area contributed by atoms with Gasteiger partial charge in [0.05, 0.1) is 0 Å². The molecule has 0 aliphatic heterocycles. The first-order valence-corrected chi connectivity index (χ1v) is 9.45. The molecule has 0 spiro atoms. The molecular formula is C13H30O6Si. The third-order valence-electron chi connectivity index (χ3n) is 2.85. The van der Waals surface area contributed by atoms with Gasteiger partial charge in [-0.1, -0.05) is 0 Å². The quantitative estimate of drug-likeness (QED) is 0.465. The van der Waals surface area contributed by atoms with Crippen LogP contribution in [0.4, 0.5) is 0 Å². The zero-order chi connectivity index (χ0) is 15.6. The maximum absolute atomic E-state index is 8.95. The molecule has 0 aliphatic rings. The molecule has 0 radical (unpaired) electrons. The highest BCUT2D eigenvalue weighted by Gasteiger charge is 2.40. The summed E-state index contributed by atoms with van der Waals surface area (Å²) < 4.78 is 17.7. The number of hydrogen-bond acceptors (Lipinski definition) is 6. The molecule has 0 bridgehead atoms. The highest BCUT2D eigenvalue weighted by Crippen LogP contribution is 2.20. The Bertz CT molecular complexity index is 205. The molecule has 0 rings (SSSR count). The average Bonchev–Trinajstić information content (AvgIpc) is 2.28. The summed E-state index contributed by atoms with van der Waals surface area (Å²) in [5, 5.41) is 26.9. The fourth-order valence-corrected chi connectivity index (χ4v) is 4.61. The van der Waals surface area contributed by atoms with Gasteiger partial charge in [-0.15, -0.1) is 0 Å². The third-order valence-corrected chi connectivity index (χ3v) is 5.34. The molecule has 20 heavy (non-hydrogen) atoms. The molecule has 3 atom stereocenters. The van der Waals surface area contributed by atoms with Crippen LogP contribution in [0.5, 0.6) is 0 Å². The van der Waals surface area contributed by atoms with Gasteiger partial charge in [-0.25, -0.2) is 0 Å². The van der Waals surface area contributed by atoms with E-state index >= 15 is 0 Å². The molecule has 0 aromatic heterocycles. The molecule has 0 aliphatic carbocycles. The molecule has 6 nitrogen and oxygen atoms in total. The van der Waals surface area contributed by atoms with Gasteiger partial charge in [-0.05, 0) is 40.0 Å². The van der Waals surface area contributed by atoms with E-state index < -0.39 is 8.80 Å². The van der Waals surface area contributed by atoms with Crippen molar-refractivity contribution in [3.8, 4) is 0 Å². The SMILES string of the molecule is CC(CCO)O[Si](C)(OC(C)CCO)OC(C)CCO. The Balaban J connectivity index is 4.64. The zero-order valence-corrected chi connectivity index (χ0v) is 14.0. The van der Waals surface area contributed by atoms with E-state index in [0.29, 0.717) is 19.3 Å². The second kappa shape index (κ2) is 10.7. The van der Waals surface area contributed by atoms with Crippen molar-refractivity contribution in [3.63, 3.8) is 0 Å². The minimum Gasteiger partial charge on any atom is -0.396 e. The Hall–Kier alpha value is -0.0231. The van der Waals surface area contributed by atoms with Crippen LogP contribution in [0.1, 0.15) is 40.0 Å². The first kappa shape index (κ1) is 20.0. The van der Waals surface area contributed by atoms with Crippen molar-refractivity contribution < 1.29 is 28.6 Å². The molecule has 0 aromatic carbocycles. The van der Waals surface area contributed by atoms with Gasteiger partial charge in [-0.2, -0.15) is 0 Å². The second-order valence-electron chi connectivity index (χ2n) is 5.18. The minimum absolute atomic E-state index is 0.0457. The van der Waals surface area contributed by atoms with E-state index in [1.807, 2.05) is 27.3 Å². The summed E-state index contributed by atoms with van der Waals surface area (Å²) in [6.07, 6.45) is 1.03. The fraction of sp³-hybridized carbons (Fsp3) is 1.00. The number of rotatable bonds is 12. The van der Waals surface area contributed by atoms with Gasteiger partial charge in [0.2, 0.25) is 0 Å². The van der Waals surface area contributed by atoms with Gasteiger partial charge in [0, 0.05) is 44.7 Å². The summed E-state index contributed by atoms with van der Waals surface area (Å²) in [6, 6.07) is 0. The molecule has 7 heteroatoms. The van der Waals surface area contributed by atoms with Gasteiger partial charge in [0.1, 0.15) is 0 Å². The van der Waals surface area contributed by atoms with Crippen LogP contribution in [-0.2, 0) is 13.3 Å². The number of aliphatic hydroxyl groups excluding tert-OH is 3. The second-order valence-corrected chi connectivity index (χ2v) is 7.62. The first-order chi connectivity index (χ1) is 9.36. The lowest BCUT2D eigenvalue weighted by Crippen LogP contribution is -2.49. The Labute approximate surface area is 123 Å². The van der Waals surface area contributed by atoms with Crippen LogP contribution in [0.15, 0.2) is 0 Å². The summed E-state index contributed by atoms with van der Waals surface area (Å²) in [4.78, 5) is 0. The Morgan fingerprint density at radius 1 is 0.700 bits per heavy atom. The minimum atomic E-state index is -2.88. The maximum Gasteiger partial charge on any atom is 0.498 e. The molecule has 122 valence electrons. The summed E-state index contributed by atoms with van der Waals surface area (Å²) in [7, 11) is -2.88. The van der Waals surface area contributed by atoms with Gasteiger partial charge in [0.25, 0.3) is 0 Å². The highest BCUT2D eigenvalue weighted by molar-refractivity contribution is 6.59. The molecule has 3 unspecified atom stereocenters. The van der Waals surface area contributed by atoms with Crippen LogP contribution in [-0.4, -0.2) is 62.3 Å². The molecule has 3 N–H and O–H groups in total. The topological polar surface area (TPSA) is 88.4 Å². The fourth-order valence-electron chi connectivity index (χ4n) is 1.90. The van der Waals surface area contributed by atoms with Crippen molar-refractivity contribution in [3.05, 3.63) is 0 Å². The largest absolute Gasteiger partial charge is 0.498 e. The van der Waals surface area contributed by atoms with Crippen molar-refractivity contribution in [1.82, 2.24) is 0 Å². The van der Waals surface area contributed by atoms with Crippen molar-refractivity contribution in [2.24, 2.45) is 0 Å². The summed E-state index contributed by atoms with van der Waals surface area (Å²) in [6.45, 7) is 7.53. The van der Waals surface area contributed by atoms with E-state index in [1.54, 1.807) is 0 Å². The van der Waals surface area contributed by atoms with E-state index in [2.05, 4.69) is 0 Å². The van der Waals surface area contributed by atoms with Crippen molar-refractivity contribution >= 4 is 8.80 Å². The normalized spacial score (nSPS) is 19.4. The molecular weight excluding hydrogens is 280 g/mol. The lowest BCUT2D eigenvalue weighted by molar-refractivity contribution is -0.0162. The highest BCUT2D eigenvalue weighted by atomic mass is 28.4. The number of hydrogen-bond donors (Lipinski definition) is 3. The third kappa shape index (κ3) is 9.01. The summed E-state index contributed by atoms with van der Waals surface area (Å²) in [5.74, 6) is 0. The van der Waals surface area contributed by atoms with Crippen LogP contribution in [0, 0.1) is 0 Å². The standard InChI is InChI=1S/C13H30O6Si/c1-11(5-8-14)17-20(4,18-12(2)6-9-15)19-13(3)7-10-16/h11-16H,5-10H2,1-4H3. The molecule has 0 aromatic rings. The lowest BCUT2D eigenvalue weighted by atomic mass is 10.3. The first-order valence-electron chi connectivity index (χ1n) is 7.22. The monoisotopic (exact) mass is 310 g/mol. The Morgan fingerprint density at radius 2 is 0.950 bits per heavy atom. The summed E-state index contributed by atoms with van der Waals surface area (Å²) >= 11 is 0. The van der Waals surface area contributed by atoms with Crippen molar-refractivity contribution in [1.29, 1.82) is 0 Å². The predicted molar refractivity (Wildman–Crippen MR) is 78.4 cm³/mol. The van der Waals surface area contributed by atoms with E-state index in [1.165, 1.54) is 0 Å². The average molecular weight is 310 g/mol. The van der Waals surface area contributed by atoms with Crippen LogP contribution >= 0.6 is 0 Å². The van der Waals surface area contributed by atoms with Gasteiger partial charge in [0.15, 0.2) is 0 Å². The molecule has 0 saturated heterocycles. The van der Waals surface area contributed by atoms with Crippen LogP contribution in [0.25, 0.3) is 0 Å². The Kier molecular flexibility index (Phi) is 10.7.